The van der Waals surface area contributed by atoms with Crippen molar-refractivity contribution in [2.45, 2.75) is 6.42 Å². The second-order valence-corrected chi connectivity index (χ2v) is 8.71. The minimum atomic E-state index is -0.166. The van der Waals surface area contributed by atoms with Crippen LogP contribution in [-0.2, 0) is 16.0 Å². The number of likely N-dealkylation sites (tertiary alicyclic amines) is 2. The molecule has 0 aromatic heterocycles. The van der Waals surface area contributed by atoms with Crippen LogP contribution < -0.4 is 4.74 Å². The summed E-state index contributed by atoms with van der Waals surface area (Å²) in [5.41, 5.74) is 0.832. The first-order chi connectivity index (χ1) is 14.1. The first kappa shape index (κ1) is 20.6. The molecule has 1 amide bonds. The lowest BCUT2D eigenvalue weighted by atomic mass is 9.82. The Labute approximate surface area is 173 Å². The monoisotopic (exact) mass is 403 g/mol. The van der Waals surface area contributed by atoms with Crippen molar-refractivity contribution in [1.29, 1.82) is 0 Å². The summed E-state index contributed by atoms with van der Waals surface area (Å²) in [4.78, 5) is 19.7. The number of carbonyl (C=O) groups is 1. The van der Waals surface area contributed by atoms with E-state index in [0.29, 0.717) is 18.9 Å². The molecule has 0 aliphatic carbocycles. The van der Waals surface area contributed by atoms with Gasteiger partial charge >= 0.3 is 0 Å². The fraction of sp³-hybridized carbons (Fsp3) is 0.682. The molecule has 2 atom stereocenters. The van der Waals surface area contributed by atoms with E-state index in [2.05, 4.69) is 9.80 Å². The molecule has 4 rings (SSSR count). The Morgan fingerprint density at radius 1 is 1.14 bits per heavy atom. The lowest BCUT2D eigenvalue weighted by molar-refractivity contribution is -0.130. The van der Waals surface area contributed by atoms with Gasteiger partial charge in [-0.15, -0.1) is 0 Å². The van der Waals surface area contributed by atoms with E-state index in [9.17, 15) is 9.90 Å². The normalized spacial score (nSPS) is 27.9. The summed E-state index contributed by atoms with van der Waals surface area (Å²) < 4.78 is 10.6. The Hall–Kier alpha value is -1.67. The molecule has 3 heterocycles. The predicted octanol–water partition coefficient (Wildman–Crippen LogP) is 0.323. The van der Waals surface area contributed by atoms with Gasteiger partial charge in [-0.05, 0) is 23.6 Å². The summed E-state index contributed by atoms with van der Waals surface area (Å²) in [6.07, 6.45) is 0.402. The van der Waals surface area contributed by atoms with E-state index < -0.39 is 0 Å². The highest BCUT2D eigenvalue weighted by molar-refractivity contribution is 5.79. The molecule has 7 nitrogen and oxygen atoms in total. The molecule has 0 bridgehead atoms. The number of aliphatic hydroxyl groups is 1. The van der Waals surface area contributed by atoms with Crippen molar-refractivity contribution in [3.05, 3.63) is 29.8 Å². The highest BCUT2D eigenvalue weighted by Gasteiger charge is 2.52. The maximum absolute atomic E-state index is 12.9. The van der Waals surface area contributed by atoms with Gasteiger partial charge in [0.15, 0.2) is 0 Å². The first-order valence-corrected chi connectivity index (χ1v) is 10.7. The molecule has 0 radical (unpaired) electrons. The largest absolute Gasteiger partial charge is 0.497 e. The van der Waals surface area contributed by atoms with Crippen molar-refractivity contribution >= 4 is 5.91 Å². The second-order valence-electron chi connectivity index (χ2n) is 8.71. The molecule has 3 aliphatic rings. The molecular formula is C22H33N3O4. The SMILES string of the molecule is COc1ccc(CC(=O)N2C[C@@H]3CN(CCN4CCOCC4)C[C@]3(CO)C2)cc1. The van der Waals surface area contributed by atoms with Gasteiger partial charge in [0.1, 0.15) is 5.75 Å². The quantitative estimate of drug-likeness (QED) is 0.708. The van der Waals surface area contributed by atoms with Crippen LogP contribution in [0, 0.1) is 11.3 Å². The summed E-state index contributed by atoms with van der Waals surface area (Å²) in [6.45, 7) is 9.17. The van der Waals surface area contributed by atoms with Crippen LogP contribution in [0.2, 0.25) is 0 Å². The number of hydrogen-bond acceptors (Lipinski definition) is 6. The standard InChI is InChI=1S/C22H33N3O4/c1-28-20-4-2-18(3-5-20)12-21(27)25-14-19-13-24(15-22(19,16-25)17-26)7-6-23-8-10-29-11-9-23/h2-5,19,26H,6-17H2,1H3/t19-,22+/m0/s1. The summed E-state index contributed by atoms with van der Waals surface area (Å²) >= 11 is 0. The van der Waals surface area contributed by atoms with Gasteiger partial charge in [-0.3, -0.25) is 9.69 Å². The van der Waals surface area contributed by atoms with Crippen molar-refractivity contribution in [2.24, 2.45) is 11.3 Å². The van der Waals surface area contributed by atoms with Crippen molar-refractivity contribution in [3.8, 4) is 5.75 Å². The number of nitrogens with zero attached hydrogens (tertiary/aromatic N) is 3. The van der Waals surface area contributed by atoms with E-state index in [1.807, 2.05) is 29.2 Å². The fourth-order valence-corrected chi connectivity index (χ4v) is 5.01. The summed E-state index contributed by atoms with van der Waals surface area (Å²) in [5.74, 6) is 1.31. The number of benzene rings is 1. The van der Waals surface area contributed by atoms with Gasteiger partial charge in [-0.2, -0.15) is 0 Å². The molecule has 1 N–H and O–H groups in total. The zero-order valence-corrected chi connectivity index (χ0v) is 17.4. The molecule has 0 saturated carbocycles. The molecule has 0 unspecified atom stereocenters. The molecule has 0 spiro atoms. The highest BCUT2D eigenvalue weighted by Crippen LogP contribution is 2.42. The molecule has 29 heavy (non-hydrogen) atoms. The van der Waals surface area contributed by atoms with Gasteiger partial charge in [0.25, 0.3) is 0 Å². The summed E-state index contributed by atoms with van der Waals surface area (Å²) in [5, 5.41) is 10.2. The molecule has 7 heteroatoms. The average molecular weight is 404 g/mol. The Bertz CT molecular complexity index is 692. The number of methoxy groups -OCH3 is 1. The Kier molecular flexibility index (Phi) is 6.39. The number of morpholine rings is 1. The van der Waals surface area contributed by atoms with Crippen LogP contribution >= 0.6 is 0 Å². The minimum Gasteiger partial charge on any atom is -0.497 e. The van der Waals surface area contributed by atoms with Crippen molar-refractivity contribution < 1.29 is 19.4 Å². The van der Waals surface area contributed by atoms with E-state index in [1.54, 1.807) is 7.11 Å². The first-order valence-electron chi connectivity index (χ1n) is 10.7. The van der Waals surface area contributed by atoms with Gasteiger partial charge in [0, 0.05) is 57.8 Å². The van der Waals surface area contributed by atoms with Crippen LogP contribution in [0.15, 0.2) is 24.3 Å². The molecular weight excluding hydrogens is 370 g/mol. The fourth-order valence-electron chi connectivity index (χ4n) is 5.01. The van der Waals surface area contributed by atoms with Crippen molar-refractivity contribution in [1.82, 2.24) is 14.7 Å². The van der Waals surface area contributed by atoms with Gasteiger partial charge in [0.05, 0.1) is 33.4 Å². The van der Waals surface area contributed by atoms with Crippen LogP contribution in [0.4, 0.5) is 0 Å². The zero-order valence-electron chi connectivity index (χ0n) is 17.4. The zero-order chi connectivity index (χ0) is 20.3. The molecule has 160 valence electrons. The third-order valence-electron chi connectivity index (χ3n) is 6.85. The van der Waals surface area contributed by atoms with Gasteiger partial charge in [0.2, 0.25) is 5.91 Å². The number of fused-ring (bicyclic) bond motifs is 1. The number of carbonyl (C=O) groups excluding carboxylic acids is 1. The Balaban J connectivity index is 1.29. The highest BCUT2D eigenvalue weighted by atomic mass is 16.5. The van der Waals surface area contributed by atoms with Crippen molar-refractivity contribution in [2.75, 3.05) is 79.3 Å². The number of hydrogen-bond donors (Lipinski definition) is 1. The third kappa shape index (κ3) is 4.58. The average Bonchev–Trinajstić information content (AvgIpc) is 3.28. The smallest absolute Gasteiger partial charge is 0.227 e. The lowest BCUT2D eigenvalue weighted by Gasteiger charge is -2.30. The molecule has 3 fully saturated rings. The Morgan fingerprint density at radius 2 is 1.86 bits per heavy atom. The Morgan fingerprint density at radius 3 is 2.52 bits per heavy atom. The van der Waals surface area contributed by atoms with Gasteiger partial charge < -0.3 is 24.4 Å². The maximum Gasteiger partial charge on any atom is 0.227 e. The minimum absolute atomic E-state index is 0.150. The maximum atomic E-state index is 12.9. The van der Waals surface area contributed by atoms with Gasteiger partial charge in [-0.1, -0.05) is 12.1 Å². The van der Waals surface area contributed by atoms with Crippen LogP contribution in [0.1, 0.15) is 5.56 Å². The van der Waals surface area contributed by atoms with Crippen LogP contribution in [-0.4, -0.2) is 105 Å². The van der Waals surface area contributed by atoms with E-state index in [-0.39, 0.29) is 17.9 Å². The van der Waals surface area contributed by atoms with Crippen LogP contribution in [0.25, 0.3) is 0 Å². The third-order valence-corrected chi connectivity index (χ3v) is 6.85. The number of ether oxygens (including phenoxy) is 2. The number of amides is 1. The van der Waals surface area contributed by atoms with E-state index in [1.165, 1.54) is 0 Å². The predicted molar refractivity (Wildman–Crippen MR) is 110 cm³/mol. The van der Waals surface area contributed by atoms with Crippen molar-refractivity contribution in [3.63, 3.8) is 0 Å². The second kappa shape index (κ2) is 9.00. The topological polar surface area (TPSA) is 65.5 Å². The van der Waals surface area contributed by atoms with Crippen LogP contribution in [0.3, 0.4) is 0 Å². The molecule has 3 aliphatic heterocycles. The van der Waals surface area contributed by atoms with E-state index in [0.717, 1.165) is 70.3 Å². The van der Waals surface area contributed by atoms with E-state index >= 15 is 0 Å². The van der Waals surface area contributed by atoms with Gasteiger partial charge in [-0.25, -0.2) is 0 Å². The summed E-state index contributed by atoms with van der Waals surface area (Å²) in [7, 11) is 1.64. The number of aliphatic hydroxyl groups excluding tert-OH is 1. The molecule has 3 saturated heterocycles. The summed E-state index contributed by atoms with van der Waals surface area (Å²) in [6, 6.07) is 7.68. The lowest BCUT2D eigenvalue weighted by Crippen LogP contribution is -2.43. The van der Waals surface area contributed by atoms with E-state index in [4.69, 9.17) is 9.47 Å². The molecule has 1 aromatic carbocycles. The number of rotatable bonds is 7. The van der Waals surface area contributed by atoms with Crippen LogP contribution in [0.5, 0.6) is 5.75 Å². The molecule has 1 aromatic rings.